The van der Waals surface area contributed by atoms with Crippen molar-refractivity contribution in [2.45, 2.75) is 39.2 Å². The van der Waals surface area contributed by atoms with Crippen molar-refractivity contribution in [2.24, 2.45) is 0 Å². The van der Waals surface area contributed by atoms with Crippen molar-refractivity contribution in [2.75, 3.05) is 13.2 Å². The van der Waals surface area contributed by atoms with E-state index in [-0.39, 0.29) is 17.9 Å². The number of ether oxygens (including phenoxy) is 1. The molecule has 0 radical (unpaired) electrons. The van der Waals surface area contributed by atoms with Gasteiger partial charge in [0.25, 0.3) is 0 Å². The minimum absolute atomic E-state index is 0.0526. The Morgan fingerprint density at radius 3 is 2.79 bits per heavy atom. The summed E-state index contributed by atoms with van der Waals surface area (Å²) >= 11 is 0. The van der Waals surface area contributed by atoms with Crippen LogP contribution in [-0.2, 0) is 14.3 Å². The SMILES string of the molecule is CCOC(=O)C[C@H]1CCCN1C(C)=O. The van der Waals surface area contributed by atoms with Crippen molar-refractivity contribution >= 4 is 11.9 Å². The molecule has 0 unspecified atom stereocenters. The zero-order valence-corrected chi connectivity index (χ0v) is 8.78. The molecular weight excluding hydrogens is 182 g/mol. The number of hydrogen-bond acceptors (Lipinski definition) is 3. The van der Waals surface area contributed by atoms with Gasteiger partial charge >= 0.3 is 5.97 Å². The molecule has 1 aliphatic rings. The van der Waals surface area contributed by atoms with Crippen molar-refractivity contribution in [3.8, 4) is 0 Å². The first-order valence-corrected chi connectivity index (χ1v) is 5.08. The molecule has 14 heavy (non-hydrogen) atoms. The molecule has 1 rings (SSSR count). The molecule has 0 N–H and O–H groups in total. The van der Waals surface area contributed by atoms with Crippen LogP contribution in [0.2, 0.25) is 0 Å². The summed E-state index contributed by atoms with van der Waals surface area (Å²) in [6.07, 6.45) is 2.25. The zero-order chi connectivity index (χ0) is 10.6. The summed E-state index contributed by atoms with van der Waals surface area (Å²) in [5.41, 5.74) is 0. The van der Waals surface area contributed by atoms with E-state index in [0.29, 0.717) is 13.0 Å². The molecule has 4 heteroatoms. The van der Waals surface area contributed by atoms with Gasteiger partial charge in [-0.3, -0.25) is 9.59 Å². The van der Waals surface area contributed by atoms with E-state index in [0.717, 1.165) is 19.4 Å². The smallest absolute Gasteiger partial charge is 0.307 e. The second kappa shape index (κ2) is 4.98. The number of carbonyl (C=O) groups excluding carboxylic acids is 2. The third-order valence-electron chi connectivity index (χ3n) is 2.49. The molecule has 0 aromatic carbocycles. The maximum Gasteiger partial charge on any atom is 0.307 e. The van der Waals surface area contributed by atoms with Gasteiger partial charge in [-0.25, -0.2) is 0 Å². The molecule has 1 atom stereocenters. The first-order valence-electron chi connectivity index (χ1n) is 5.08. The number of likely N-dealkylation sites (tertiary alicyclic amines) is 1. The molecule has 0 saturated carbocycles. The largest absolute Gasteiger partial charge is 0.466 e. The first-order chi connectivity index (χ1) is 6.65. The molecule has 4 nitrogen and oxygen atoms in total. The van der Waals surface area contributed by atoms with Crippen molar-refractivity contribution in [3.05, 3.63) is 0 Å². The average molecular weight is 199 g/mol. The van der Waals surface area contributed by atoms with Crippen molar-refractivity contribution in [1.29, 1.82) is 0 Å². The van der Waals surface area contributed by atoms with Gasteiger partial charge < -0.3 is 9.64 Å². The van der Waals surface area contributed by atoms with E-state index in [9.17, 15) is 9.59 Å². The Kier molecular flexibility index (Phi) is 3.92. The Balaban J connectivity index is 2.43. The van der Waals surface area contributed by atoms with E-state index in [4.69, 9.17) is 4.74 Å². The van der Waals surface area contributed by atoms with Gasteiger partial charge in [-0.15, -0.1) is 0 Å². The third kappa shape index (κ3) is 2.72. The van der Waals surface area contributed by atoms with E-state index in [1.807, 2.05) is 0 Å². The summed E-state index contributed by atoms with van der Waals surface area (Å²) in [4.78, 5) is 24.1. The lowest BCUT2D eigenvalue weighted by atomic mass is 10.1. The molecule has 1 heterocycles. The highest BCUT2D eigenvalue weighted by Gasteiger charge is 2.28. The second-order valence-corrected chi connectivity index (χ2v) is 3.52. The lowest BCUT2D eigenvalue weighted by Gasteiger charge is -2.22. The van der Waals surface area contributed by atoms with Crippen LogP contribution < -0.4 is 0 Å². The average Bonchev–Trinajstić information content (AvgIpc) is 2.52. The topological polar surface area (TPSA) is 46.6 Å². The Morgan fingerprint density at radius 2 is 2.21 bits per heavy atom. The molecule has 1 amide bonds. The molecule has 1 fully saturated rings. The molecule has 0 aliphatic carbocycles. The summed E-state index contributed by atoms with van der Waals surface area (Å²) in [5.74, 6) is -0.151. The van der Waals surface area contributed by atoms with E-state index in [1.165, 1.54) is 0 Å². The van der Waals surface area contributed by atoms with E-state index >= 15 is 0 Å². The zero-order valence-electron chi connectivity index (χ0n) is 8.78. The summed E-state index contributed by atoms with van der Waals surface area (Å²) in [5, 5.41) is 0. The second-order valence-electron chi connectivity index (χ2n) is 3.52. The van der Waals surface area contributed by atoms with Crippen LogP contribution in [0.25, 0.3) is 0 Å². The van der Waals surface area contributed by atoms with Crippen LogP contribution in [0, 0.1) is 0 Å². The molecule has 80 valence electrons. The number of amides is 1. The van der Waals surface area contributed by atoms with Gasteiger partial charge in [0.2, 0.25) is 5.91 Å². The van der Waals surface area contributed by atoms with Crippen LogP contribution in [0.3, 0.4) is 0 Å². The first kappa shape index (κ1) is 11.0. The Hall–Kier alpha value is -1.06. The van der Waals surface area contributed by atoms with Crippen LogP contribution in [0.4, 0.5) is 0 Å². The lowest BCUT2D eigenvalue weighted by Crippen LogP contribution is -2.35. The van der Waals surface area contributed by atoms with E-state index < -0.39 is 0 Å². The highest BCUT2D eigenvalue weighted by molar-refractivity contribution is 5.76. The van der Waals surface area contributed by atoms with Gasteiger partial charge in [-0.2, -0.15) is 0 Å². The normalized spacial score (nSPS) is 21.0. The fourth-order valence-electron chi connectivity index (χ4n) is 1.87. The maximum atomic E-state index is 11.2. The monoisotopic (exact) mass is 199 g/mol. The van der Waals surface area contributed by atoms with Crippen LogP contribution in [-0.4, -0.2) is 36.0 Å². The van der Waals surface area contributed by atoms with Gasteiger partial charge in [0, 0.05) is 19.5 Å². The fourth-order valence-corrected chi connectivity index (χ4v) is 1.87. The molecule has 1 saturated heterocycles. The fraction of sp³-hybridized carbons (Fsp3) is 0.800. The number of hydrogen-bond donors (Lipinski definition) is 0. The van der Waals surface area contributed by atoms with Crippen molar-refractivity contribution in [3.63, 3.8) is 0 Å². The predicted molar refractivity (Wildman–Crippen MR) is 51.7 cm³/mol. The van der Waals surface area contributed by atoms with Crippen molar-refractivity contribution < 1.29 is 14.3 Å². The van der Waals surface area contributed by atoms with Crippen LogP contribution >= 0.6 is 0 Å². The minimum atomic E-state index is -0.203. The standard InChI is InChI=1S/C10H17NO3/c1-3-14-10(13)7-9-5-4-6-11(9)8(2)12/h9H,3-7H2,1-2H3/t9-/m1/s1. The van der Waals surface area contributed by atoms with E-state index in [2.05, 4.69) is 0 Å². The maximum absolute atomic E-state index is 11.2. The number of rotatable bonds is 3. The predicted octanol–water partition coefficient (Wildman–Crippen LogP) is 0.951. The van der Waals surface area contributed by atoms with Crippen LogP contribution in [0.1, 0.15) is 33.1 Å². The van der Waals surface area contributed by atoms with Gasteiger partial charge in [0.05, 0.1) is 13.0 Å². The van der Waals surface area contributed by atoms with Gasteiger partial charge in [-0.1, -0.05) is 0 Å². The molecule has 1 aliphatic heterocycles. The van der Waals surface area contributed by atoms with E-state index in [1.54, 1.807) is 18.7 Å². The third-order valence-corrected chi connectivity index (χ3v) is 2.49. The van der Waals surface area contributed by atoms with Gasteiger partial charge in [-0.05, 0) is 19.8 Å². The lowest BCUT2D eigenvalue weighted by molar-refractivity contribution is -0.145. The Morgan fingerprint density at radius 1 is 1.50 bits per heavy atom. The quantitative estimate of drug-likeness (QED) is 0.636. The van der Waals surface area contributed by atoms with Crippen LogP contribution in [0.15, 0.2) is 0 Å². The highest BCUT2D eigenvalue weighted by Crippen LogP contribution is 2.20. The Bertz CT molecular complexity index is 227. The summed E-state index contributed by atoms with van der Waals surface area (Å²) in [7, 11) is 0. The van der Waals surface area contributed by atoms with Crippen molar-refractivity contribution in [1.82, 2.24) is 4.90 Å². The summed E-state index contributed by atoms with van der Waals surface area (Å²) in [6.45, 7) is 4.52. The molecular formula is C10H17NO3. The number of esters is 1. The highest BCUT2D eigenvalue weighted by atomic mass is 16.5. The minimum Gasteiger partial charge on any atom is -0.466 e. The van der Waals surface area contributed by atoms with Gasteiger partial charge in [0.1, 0.15) is 0 Å². The molecule has 0 aromatic heterocycles. The Labute approximate surface area is 84.2 Å². The van der Waals surface area contributed by atoms with Gasteiger partial charge in [0.15, 0.2) is 0 Å². The molecule has 0 spiro atoms. The molecule has 0 bridgehead atoms. The molecule has 0 aromatic rings. The summed E-state index contributed by atoms with van der Waals surface area (Å²) < 4.78 is 4.85. The summed E-state index contributed by atoms with van der Waals surface area (Å²) in [6, 6.07) is 0.0616. The number of carbonyl (C=O) groups is 2. The number of nitrogens with zero attached hydrogens (tertiary/aromatic N) is 1. The van der Waals surface area contributed by atoms with Crippen LogP contribution in [0.5, 0.6) is 0 Å².